The number of likely N-dealkylation sites (N-methyl/N-ethyl adjacent to an activating group) is 1. The van der Waals surface area contributed by atoms with Gasteiger partial charge < -0.3 is 15.2 Å². The molecule has 0 aliphatic heterocycles. The van der Waals surface area contributed by atoms with Crippen LogP contribution in [0.25, 0.3) is 0 Å². The Morgan fingerprint density at radius 3 is 2.50 bits per heavy atom. The molecule has 1 aromatic heterocycles. The Hall–Kier alpha value is -0.950. The van der Waals surface area contributed by atoms with E-state index in [2.05, 4.69) is 10.00 Å². The Balaban J connectivity index is 2.80. The first-order valence-electron chi connectivity index (χ1n) is 5.92. The third-order valence-corrected chi connectivity index (χ3v) is 3.40. The second-order valence-electron chi connectivity index (χ2n) is 4.74. The van der Waals surface area contributed by atoms with Gasteiger partial charge in [-0.05, 0) is 14.0 Å². The minimum Gasteiger partial charge on any atom is -0.354 e. The molecule has 0 spiro atoms. The van der Waals surface area contributed by atoms with Crippen molar-refractivity contribution in [3.05, 3.63) is 18.0 Å². The van der Waals surface area contributed by atoms with Crippen LogP contribution in [0.4, 0.5) is 0 Å². The topological polar surface area (TPSA) is 65.5 Å². The highest BCUT2D eigenvalue weighted by Gasteiger charge is 2.37. The van der Waals surface area contributed by atoms with Gasteiger partial charge in [-0.15, -0.1) is 0 Å². The fraction of sp³-hybridized carbons (Fsp3) is 0.750. The number of aryl methyl sites for hydroxylation is 1. The number of aromatic nitrogens is 2. The third kappa shape index (κ3) is 3.08. The van der Waals surface area contributed by atoms with Crippen LogP contribution >= 0.6 is 0 Å². The molecule has 0 amide bonds. The molecule has 1 unspecified atom stereocenters. The van der Waals surface area contributed by atoms with Crippen molar-refractivity contribution in [3.63, 3.8) is 0 Å². The summed E-state index contributed by atoms with van der Waals surface area (Å²) in [5, 5.41) is 4.16. The summed E-state index contributed by atoms with van der Waals surface area (Å²) in [5.41, 5.74) is 6.64. The lowest BCUT2D eigenvalue weighted by Crippen LogP contribution is -2.58. The SMILES string of the molecule is COC(OC)C(C)(CN)N(C)Cc1cnn(C)c1. The van der Waals surface area contributed by atoms with Crippen LogP contribution in [0.5, 0.6) is 0 Å². The van der Waals surface area contributed by atoms with Gasteiger partial charge in [-0.3, -0.25) is 9.58 Å². The molecule has 6 heteroatoms. The van der Waals surface area contributed by atoms with Crippen molar-refractivity contribution in [2.45, 2.75) is 25.3 Å². The van der Waals surface area contributed by atoms with Gasteiger partial charge in [0.15, 0.2) is 6.29 Å². The molecule has 6 nitrogen and oxygen atoms in total. The van der Waals surface area contributed by atoms with Crippen molar-refractivity contribution in [2.24, 2.45) is 12.8 Å². The summed E-state index contributed by atoms with van der Waals surface area (Å²) < 4.78 is 12.5. The van der Waals surface area contributed by atoms with Crippen molar-refractivity contribution in [2.75, 3.05) is 27.8 Å². The molecule has 0 saturated carbocycles. The molecule has 0 aliphatic rings. The molecule has 104 valence electrons. The largest absolute Gasteiger partial charge is 0.354 e. The summed E-state index contributed by atoms with van der Waals surface area (Å²) >= 11 is 0. The first-order valence-corrected chi connectivity index (χ1v) is 5.92. The summed E-state index contributed by atoms with van der Waals surface area (Å²) in [4.78, 5) is 2.13. The number of nitrogens with zero attached hydrogens (tertiary/aromatic N) is 3. The Bertz CT molecular complexity index is 365. The Morgan fingerprint density at radius 2 is 2.11 bits per heavy atom. The quantitative estimate of drug-likeness (QED) is 0.705. The zero-order valence-corrected chi connectivity index (χ0v) is 11.9. The zero-order valence-electron chi connectivity index (χ0n) is 11.9. The number of hydrogen-bond acceptors (Lipinski definition) is 5. The van der Waals surface area contributed by atoms with Crippen molar-refractivity contribution in [3.8, 4) is 0 Å². The Labute approximate surface area is 109 Å². The second-order valence-corrected chi connectivity index (χ2v) is 4.74. The van der Waals surface area contributed by atoms with Crippen molar-refractivity contribution in [1.82, 2.24) is 14.7 Å². The number of methoxy groups -OCH3 is 2. The van der Waals surface area contributed by atoms with Gasteiger partial charge in [0.1, 0.15) is 0 Å². The van der Waals surface area contributed by atoms with E-state index in [0.717, 1.165) is 12.1 Å². The fourth-order valence-corrected chi connectivity index (χ4v) is 2.04. The maximum absolute atomic E-state index is 5.90. The summed E-state index contributed by atoms with van der Waals surface area (Å²) in [5.74, 6) is 0. The van der Waals surface area contributed by atoms with Crippen molar-refractivity contribution < 1.29 is 9.47 Å². The fourth-order valence-electron chi connectivity index (χ4n) is 2.04. The number of rotatable bonds is 7. The first kappa shape index (κ1) is 15.1. The number of nitrogens with two attached hydrogens (primary N) is 1. The molecule has 0 fully saturated rings. The summed E-state index contributed by atoms with van der Waals surface area (Å²) in [6.45, 7) is 3.21. The van der Waals surface area contributed by atoms with Crippen LogP contribution in [-0.4, -0.2) is 54.3 Å². The molecular weight excluding hydrogens is 232 g/mol. The summed E-state index contributed by atoms with van der Waals surface area (Å²) in [7, 11) is 7.16. The van der Waals surface area contributed by atoms with Crippen LogP contribution in [0.2, 0.25) is 0 Å². The molecule has 2 N–H and O–H groups in total. The molecule has 1 heterocycles. The molecule has 0 aliphatic carbocycles. The summed E-state index contributed by atoms with van der Waals surface area (Å²) in [6, 6.07) is 0. The lowest BCUT2D eigenvalue weighted by molar-refractivity contribution is -0.178. The van der Waals surface area contributed by atoms with Gasteiger partial charge >= 0.3 is 0 Å². The molecular formula is C12H24N4O2. The van der Waals surface area contributed by atoms with Crippen LogP contribution in [0, 0.1) is 0 Å². The van der Waals surface area contributed by atoms with E-state index >= 15 is 0 Å². The molecule has 0 aromatic carbocycles. The third-order valence-electron chi connectivity index (χ3n) is 3.40. The maximum atomic E-state index is 5.90. The van der Waals surface area contributed by atoms with E-state index in [-0.39, 0.29) is 11.8 Å². The van der Waals surface area contributed by atoms with Crippen LogP contribution in [-0.2, 0) is 23.1 Å². The second kappa shape index (κ2) is 6.29. The highest BCUT2D eigenvalue weighted by molar-refractivity contribution is 5.05. The zero-order chi connectivity index (χ0) is 13.8. The van der Waals surface area contributed by atoms with E-state index in [9.17, 15) is 0 Å². The van der Waals surface area contributed by atoms with E-state index in [1.165, 1.54) is 0 Å². The molecule has 0 saturated heterocycles. The minimum atomic E-state index is -0.390. The standard InChI is InChI=1S/C12H24N4O2/c1-12(9-13,11(17-4)18-5)15(2)7-10-6-14-16(3)8-10/h6,8,11H,7,9,13H2,1-5H3. The van der Waals surface area contributed by atoms with Gasteiger partial charge in [0.05, 0.1) is 11.7 Å². The molecule has 1 atom stereocenters. The van der Waals surface area contributed by atoms with Crippen molar-refractivity contribution >= 4 is 0 Å². The monoisotopic (exact) mass is 256 g/mol. The molecule has 1 aromatic rings. The highest BCUT2D eigenvalue weighted by atomic mass is 16.7. The van der Waals surface area contributed by atoms with Gasteiger partial charge in [-0.1, -0.05) is 0 Å². The lowest BCUT2D eigenvalue weighted by atomic mass is 9.99. The predicted molar refractivity (Wildman–Crippen MR) is 69.9 cm³/mol. The van der Waals surface area contributed by atoms with Crippen LogP contribution in [0.3, 0.4) is 0 Å². The van der Waals surface area contributed by atoms with E-state index in [4.69, 9.17) is 15.2 Å². The summed E-state index contributed by atoms with van der Waals surface area (Å²) in [6.07, 6.45) is 3.47. The first-order chi connectivity index (χ1) is 8.47. The Kier molecular flexibility index (Phi) is 5.28. The lowest BCUT2D eigenvalue weighted by Gasteiger charge is -2.42. The smallest absolute Gasteiger partial charge is 0.176 e. The van der Waals surface area contributed by atoms with Crippen LogP contribution in [0.1, 0.15) is 12.5 Å². The minimum absolute atomic E-state index is 0.371. The van der Waals surface area contributed by atoms with Crippen molar-refractivity contribution in [1.29, 1.82) is 0 Å². The van der Waals surface area contributed by atoms with Gasteiger partial charge in [-0.2, -0.15) is 5.10 Å². The number of ether oxygens (including phenoxy) is 2. The van der Waals surface area contributed by atoms with E-state index in [1.807, 2.05) is 33.4 Å². The number of hydrogen-bond donors (Lipinski definition) is 1. The maximum Gasteiger partial charge on any atom is 0.176 e. The average Bonchev–Trinajstić information content (AvgIpc) is 2.75. The van der Waals surface area contributed by atoms with Crippen LogP contribution < -0.4 is 5.73 Å². The highest BCUT2D eigenvalue weighted by Crippen LogP contribution is 2.22. The normalized spacial score (nSPS) is 15.3. The van der Waals surface area contributed by atoms with Gasteiger partial charge in [0, 0.05) is 46.1 Å². The van der Waals surface area contributed by atoms with Crippen LogP contribution in [0.15, 0.2) is 12.4 Å². The molecule has 0 radical (unpaired) electrons. The Morgan fingerprint density at radius 1 is 1.50 bits per heavy atom. The van der Waals surface area contributed by atoms with Gasteiger partial charge in [0.25, 0.3) is 0 Å². The van der Waals surface area contributed by atoms with E-state index in [0.29, 0.717) is 6.54 Å². The molecule has 18 heavy (non-hydrogen) atoms. The predicted octanol–water partition coefficient (Wildman–Crippen LogP) is 0.188. The van der Waals surface area contributed by atoms with E-state index in [1.54, 1.807) is 18.9 Å². The van der Waals surface area contributed by atoms with Gasteiger partial charge in [-0.25, -0.2) is 0 Å². The van der Waals surface area contributed by atoms with Gasteiger partial charge in [0.2, 0.25) is 0 Å². The molecule has 1 rings (SSSR count). The van der Waals surface area contributed by atoms with E-state index < -0.39 is 0 Å². The average molecular weight is 256 g/mol. The molecule has 0 bridgehead atoms.